The van der Waals surface area contributed by atoms with Crippen LogP contribution in [0.5, 0.6) is 0 Å². The van der Waals surface area contributed by atoms with Gasteiger partial charge in [-0.1, -0.05) is 29.8 Å². The normalized spacial score (nSPS) is 13.8. The lowest BCUT2D eigenvalue weighted by Crippen LogP contribution is -2.48. The molecule has 0 spiro atoms. The third-order valence-corrected chi connectivity index (χ3v) is 6.41. The molecule has 1 saturated heterocycles. The third-order valence-electron chi connectivity index (χ3n) is 6.12. The van der Waals surface area contributed by atoms with Crippen LogP contribution < -0.4 is 15.4 Å². The minimum Gasteiger partial charge on any atom is -0.465 e. The zero-order valence-electron chi connectivity index (χ0n) is 18.9. The van der Waals surface area contributed by atoms with Gasteiger partial charge in [-0.05, 0) is 48.5 Å². The number of aromatic nitrogens is 2. The summed E-state index contributed by atoms with van der Waals surface area (Å²) in [6.07, 6.45) is 0. The van der Waals surface area contributed by atoms with Crippen molar-refractivity contribution in [1.82, 2.24) is 9.55 Å². The SMILES string of the molecule is COC(=O)c1ccc2c(=O)n(-c3ccc(F)c(Cl)c3)c(N3CCN(c4ccccc4)CC3)nc2c1. The highest BCUT2D eigenvalue weighted by atomic mass is 35.5. The summed E-state index contributed by atoms with van der Waals surface area (Å²) in [6.45, 7) is 2.67. The van der Waals surface area contributed by atoms with Crippen LogP contribution in [-0.2, 0) is 4.74 Å². The zero-order chi connectivity index (χ0) is 24.5. The molecule has 0 saturated carbocycles. The van der Waals surface area contributed by atoms with Crippen LogP contribution in [0.25, 0.3) is 16.6 Å². The molecule has 9 heteroatoms. The molecule has 0 aliphatic carbocycles. The third kappa shape index (κ3) is 4.33. The highest BCUT2D eigenvalue weighted by Gasteiger charge is 2.24. The molecular formula is C26H22ClFN4O3. The van der Waals surface area contributed by atoms with Crippen LogP contribution in [0.15, 0.2) is 71.5 Å². The average molecular weight is 493 g/mol. The first-order chi connectivity index (χ1) is 17.0. The summed E-state index contributed by atoms with van der Waals surface area (Å²) in [4.78, 5) is 34.8. The largest absolute Gasteiger partial charge is 0.465 e. The van der Waals surface area contributed by atoms with E-state index in [4.69, 9.17) is 21.3 Å². The number of carbonyl (C=O) groups excluding carboxylic acids is 1. The topological polar surface area (TPSA) is 67.7 Å². The van der Waals surface area contributed by atoms with Crippen LogP contribution in [0.1, 0.15) is 10.4 Å². The molecule has 2 heterocycles. The summed E-state index contributed by atoms with van der Waals surface area (Å²) < 4.78 is 20.2. The van der Waals surface area contributed by atoms with Gasteiger partial charge in [0.25, 0.3) is 5.56 Å². The van der Waals surface area contributed by atoms with E-state index in [1.807, 2.05) is 23.1 Å². The summed E-state index contributed by atoms with van der Waals surface area (Å²) >= 11 is 6.05. The number of hydrogen-bond acceptors (Lipinski definition) is 6. The van der Waals surface area contributed by atoms with Crippen molar-refractivity contribution in [1.29, 1.82) is 0 Å². The Hall–Kier alpha value is -3.91. The molecule has 0 bridgehead atoms. The van der Waals surface area contributed by atoms with Crippen LogP contribution in [0.3, 0.4) is 0 Å². The second-order valence-corrected chi connectivity index (χ2v) is 8.59. The van der Waals surface area contributed by atoms with E-state index in [1.54, 1.807) is 12.1 Å². The number of methoxy groups -OCH3 is 1. The fraction of sp³-hybridized carbons (Fsp3) is 0.192. The highest BCUT2D eigenvalue weighted by Crippen LogP contribution is 2.25. The minimum absolute atomic E-state index is 0.0876. The average Bonchev–Trinajstić information content (AvgIpc) is 2.90. The quantitative estimate of drug-likeness (QED) is 0.396. The molecule has 0 N–H and O–H groups in total. The first kappa shape index (κ1) is 22.9. The lowest BCUT2D eigenvalue weighted by atomic mass is 10.1. The first-order valence-electron chi connectivity index (χ1n) is 11.1. The number of halogens is 2. The van der Waals surface area contributed by atoms with Crippen LogP contribution in [0, 0.1) is 5.82 Å². The van der Waals surface area contributed by atoms with Gasteiger partial charge in [0.15, 0.2) is 0 Å². The van der Waals surface area contributed by atoms with E-state index in [-0.39, 0.29) is 10.6 Å². The van der Waals surface area contributed by atoms with Crippen molar-refractivity contribution in [2.75, 3.05) is 43.1 Å². The van der Waals surface area contributed by atoms with E-state index in [1.165, 1.54) is 35.9 Å². The second kappa shape index (κ2) is 9.38. The lowest BCUT2D eigenvalue weighted by Gasteiger charge is -2.37. The van der Waals surface area contributed by atoms with E-state index in [0.29, 0.717) is 41.2 Å². The van der Waals surface area contributed by atoms with Gasteiger partial charge < -0.3 is 14.5 Å². The number of esters is 1. The Morgan fingerprint density at radius 2 is 1.66 bits per heavy atom. The number of nitrogens with zero attached hydrogens (tertiary/aromatic N) is 4. The summed E-state index contributed by atoms with van der Waals surface area (Å²) in [6, 6.07) is 18.9. The summed E-state index contributed by atoms with van der Waals surface area (Å²) in [5.74, 6) is -0.681. The van der Waals surface area contributed by atoms with Gasteiger partial charge in [0.2, 0.25) is 5.95 Å². The van der Waals surface area contributed by atoms with Gasteiger partial charge >= 0.3 is 5.97 Å². The Bertz CT molecular complexity index is 1470. The van der Waals surface area contributed by atoms with Crippen LogP contribution in [0.4, 0.5) is 16.0 Å². The molecule has 1 fully saturated rings. The molecule has 178 valence electrons. The van der Waals surface area contributed by atoms with Gasteiger partial charge in [-0.15, -0.1) is 0 Å². The predicted molar refractivity (Wildman–Crippen MR) is 135 cm³/mol. The monoisotopic (exact) mass is 492 g/mol. The van der Waals surface area contributed by atoms with Gasteiger partial charge in [-0.25, -0.2) is 18.7 Å². The molecule has 1 aliphatic heterocycles. The number of hydrogen-bond donors (Lipinski definition) is 0. The Morgan fingerprint density at radius 1 is 0.943 bits per heavy atom. The van der Waals surface area contributed by atoms with Crippen LogP contribution in [0.2, 0.25) is 5.02 Å². The van der Waals surface area contributed by atoms with E-state index in [2.05, 4.69) is 17.0 Å². The van der Waals surface area contributed by atoms with E-state index >= 15 is 0 Å². The maximum absolute atomic E-state index is 13.9. The number of piperazine rings is 1. The summed E-state index contributed by atoms with van der Waals surface area (Å²) in [7, 11) is 1.30. The number of benzene rings is 3. The number of anilines is 2. The van der Waals surface area contributed by atoms with Gasteiger partial charge in [-0.2, -0.15) is 0 Å². The van der Waals surface area contributed by atoms with Crippen molar-refractivity contribution < 1.29 is 13.9 Å². The molecule has 0 atom stereocenters. The smallest absolute Gasteiger partial charge is 0.337 e. The first-order valence-corrected chi connectivity index (χ1v) is 11.5. The van der Waals surface area contributed by atoms with Crippen molar-refractivity contribution >= 4 is 40.1 Å². The fourth-order valence-corrected chi connectivity index (χ4v) is 4.47. The standard InChI is InChI=1S/C26H22ClFN4O3/c1-35-25(34)17-7-9-20-23(15-17)29-26(32(24(20)33)19-8-10-22(28)21(27)16-19)31-13-11-30(12-14-31)18-5-3-2-4-6-18/h2-10,15-16H,11-14H2,1H3. The Morgan fingerprint density at radius 3 is 2.34 bits per heavy atom. The van der Waals surface area contributed by atoms with Crippen molar-refractivity contribution in [2.24, 2.45) is 0 Å². The molecule has 3 aromatic carbocycles. The molecular weight excluding hydrogens is 471 g/mol. The minimum atomic E-state index is -0.571. The molecule has 1 aliphatic rings. The van der Waals surface area contributed by atoms with E-state index < -0.39 is 11.8 Å². The summed E-state index contributed by atoms with van der Waals surface area (Å²) in [5, 5.41) is 0.236. The molecule has 4 aromatic rings. The fourth-order valence-electron chi connectivity index (χ4n) is 4.29. The van der Waals surface area contributed by atoms with Gasteiger partial charge in [-0.3, -0.25) is 4.79 Å². The number of para-hydroxylation sites is 1. The number of rotatable bonds is 4. The number of carbonyl (C=O) groups is 1. The Labute approximate surface area is 205 Å². The molecule has 0 radical (unpaired) electrons. The number of ether oxygens (including phenoxy) is 1. The number of fused-ring (bicyclic) bond motifs is 1. The molecule has 0 amide bonds. The van der Waals surface area contributed by atoms with Gasteiger partial charge in [0.1, 0.15) is 5.82 Å². The van der Waals surface area contributed by atoms with Crippen molar-refractivity contribution in [3.63, 3.8) is 0 Å². The second-order valence-electron chi connectivity index (χ2n) is 8.18. The van der Waals surface area contributed by atoms with Crippen molar-refractivity contribution in [2.45, 2.75) is 0 Å². The Kier molecular flexibility index (Phi) is 6.13. The van der Waals surface area contributed by atoms with E-state index in [0.717, 1.165) is 18.8 Å². The Balaban J connectivity index is 1.61. The van der Waals surface area contributed by atoms with Gasteiger partial charge in [0, 0.05) is 31.9 Å². The van der Waals surface area contributed by atoms with Gasteiger partial charge in [0.05, 0.1) is 34.3 Å². The summed E-state index contributed by atoms with van der Waals surface area (Å²) in [5.41, 5.74) is 1.88. The van der Waals surface area contributed by atoms with Crippen molar-refractivity contribution in [3.05, 3.63) is 93.5 Å². The predicted octanol–water partition coefficient (Wildman–Crippen LogP) is 4.29. The molecule has 0 unspecified atom stereocenters. The zero-order valence-corrected chi connectivity index (χ0v) is 19.7. The molecule has 1 aromatic heterocycles. The maximum atomic E-state index is 13.9. The van der Waals surface area contributed by atoms with Crippen molar-refractivity contribution in [3.8, 4) is 5.69 Å². The molecule has 35 heavy (non-hydrogen) atoms. The van der Waals surface area contributed by atoms with Crippen LogP contribution >= 0.6 is 11.6 Å². The maximum Gasteiger partial charge on any atom is 0.337 e. The lowest BCUT2D eigenvalue weighted by molar-refractivity contribution is 0.0601. The molecule has 5 rings (SSSR count). The molecule has 7 nitrogen and oxygen atoms in total. The van der Waals surface area contributed by atoms with Crippen LogP contribution in [-0.4, -0.2) is 48.8 Å². The highest BCUT2D eigenvalue weighted by molar-refractivity contribution is 6.30. The van der Waals surface area contributed by atoms with E-state index in [9.17, 15) is 14.0 Å².